The molecule has 1 unspecified atom stereocenters. The Labute approximate surface area is 100 Å². The zero-order valence-electron chi connectivity index (χ0n) is 10.4. The Morgan fingerprint density at radius 3 is 2.59 bits per heavy atom. The van der Waals surface area contributed by atoms with Gasteiger partial charge in [0.25, 0.3) is 0 Å². The molecular weight excluding hydrogens is 223 g/mol. The first-order valence-electron chi connectivity index (χ1n) is 5.34. The minimum Gasteiger partial charge on any atom is -0.456 e. The van der Waals surface area contributed by atoms with Gasteiger partial charge < -0.3 is 14.8 Å². The quantitative estimate of drug-likeness (QED) is 0.590. The van der Waals surface area contributed by atoms with Crippen molar-refractivity contribution in [2.75, 3.05) is 0 Å². The minimum atomic E-state index is -1.53. The van der Waals surface area contributed by atoms with Crippen molar-refractivity contribution in [3.05, 3.63) is 18.0 Å². The Morgan fingerprint density at radius 2 is 2.12 bits per heavy atom. The van der Waals surface area contributed by atoms with Crippen molar-refractivity contribution < 1.29 is 19.6 Å². The second kappa shape index (κ2) is 4.89. The second-order valence-electron chi connectivity index (χ2n) is 4.87. The van der Waals surface area contributed by atoms with E-state index in [0.29, 0.717) is 0 Å². The highest BCUT2D eigenvalue weighted by Gasteiger charge is 2.23. The van der Waals surface area contributed by atoms with Crippen LogP contribution >= 0.6 is 0 Å². The van der Waals surface area contributed by atoms with Crippen LogP contribution in [0.4, 0.5) is 0 Å². The maximum absolute atomic E-state index is 11.7. The van der Waals surface area contributed by atoms with Crippen LogP contribution in [0.5, 0.6) is 0 Å². The fourth-order valence-corrected chi connectivity index (χ4v) is 1.14. The number of rotatable bonds is 3. The molecule has 1 heterocycles. The van der Waals surface area contributed by atoms with Gasteiger partial charge in [0.1, 0.15) is 5.60 Å². The number of nitrogens with zero attached hydrogens (tertiary/aromatic N) is 2. The number of ether oxygens (including phenoxy) is 1. The topological polar surface area (TPSA) is 84.6 Å². The molecule has 0 saturated carbocycles. The van der Waals surface area contributed by atoms with Gasteiger partial charge in [-0.2, -0.15) is 5.10 Å². The largest absolute Gasteiger partial charge is 0.477 e. The van der Waals surface area contributed by atoms with Crippen molar-refractivity contribution in [3.8, 4) is 0 Å². The maximum atomic E-state index is 11.7. The first-order chi connectivity index (χ1) is 7.70. The summed E-state index contributed by atoms with van der Waals surface area (Å²) in [5, 5.41) is 21.9. The summed E-state index contributed by atoms with van der Waals surface area (Å²) in [6.45, 7) is 6.90. The lowest BCUT2D eigenvalue weighted by molar-refractivity contribution is 0.00693. The van der Waals surface area contributed by atoms with Crippen molar-refractivity contribution in [1.29, 1.82) is 0 Å². The van der Waals surface area contributed by atoms with E-state index in [4.69, 9.17) is 14.8 Å². The van der Waals surface area contributed by atoms with Gasteiger partial charge in [0, 0.05) is 6.20 Å². The lowest BCUT2D eigenvalue weighted by atomic mass is 9.81. The van der Waals surface area contributed by atoms with E-state index in [0.717, 1.165) is 0 Å². The van der Waals surface area contributed by atoms with E-state index in [1.54, 1.807) is 27.7 Å². The van der Waals surface area contributed by atoms with Gasteiger partial charge >= 0.3 is 13.1 Å². The molecule has 0 saturated heterocycles. The van der Waals surface area contributed by atoms with E-state index in [1.165, 1.54) is 17.1 Å². The molecule has 0 aromatic carbocycles. The summed E-state index contributed by atoms with van der Waals surface area (Å²) < 4.78 is 6.47. The number of carbonyl (C=O) groups is 1. The third-order valence-electron chi connectivity index (χ3n) is 2.08. The highest BCUT2D eigenvalue weighted by atomic mass is 16.6. The molecule has 1 aromatic heterocycles. The molecule has 7 heteroatoms. The Kier molecular flexibility index (Phi) is 3.95. The molecule has 0 aliphatic heterocycles. The Balaban J connectivity index is 2.78. The van der Waals surface area contributed by atoms with Gasteiger partial charge in [0.2, 0.25) is 0 Å². The molecule has 6 nitrogen and oxygen atoms in total. The molecule has 1 rings (SSSR count). The lowest BCUT2D eigenvalue weighted by Gasteiger charge is -2.18. The fraction of sp³-hybridized carbons (Fsp3) is 0.600. The van der Waals surface area contributed by atoms with Crippen LogP contribution in [0.3, 0.4) is 0 Å². The van der Waals surface area contributed by atoms with E-state index in [-0.39, 0.29) is 5.56 Å². The predicted octanol–water partition coefficient (Wildman–Crippen LogP) is 0.411. The second-order valence-corrected chi connectivity index (χ2v) is 4.87. The van der Waals surface area contributed by atoms with Crippen LogP contribution in [-0.4, -0.2) is 38.5 Å². The van der Waals surface area contributed by atoms with Gasteiger partial charge in [-0.25, -0.2) is 4.79 Å². The van der Waals surface area contributed by atoms with E-state index in [2.05, 4.69) is 5.10 Å². The van der Waals surface area contributed by atoms with Gasteiger partial charge in [-0.05, 0) is 27.7 Å². The van der Waals surface area contributed by atoms with E-state index >= 15 is 0 Å². The monoisotopic (exact) mass is 240 g/mol. The lowest BCUT2D eigenvalue weighted by Crippen LogP contribution is -2.26. The molecule has 1 atom stereocenters. The van der Waals surface area contributed by atoms with Gasteiger partial charge in [-0.15, -0.1) is 0 Å². The fourth-order valence-electron chi connectivity index (χ4n) is 1.14. The zero-order valence-corrected chi connectivity index (χ0v) is 10.4. The Hall–Kier alpha value is -1.34. The molecule has 0 aliphatic carbocycles. The normalized spacial score (nSPS) is 13.3. The van der Waals surface area contributed by atoms with Crippen molar-refractivity contribution in [3.63, 3.8) is 0 Å². The van der Waals surface area contributed by atoms with Gasteiger partial charge in [-0.1, -0.05) is 0 Å². The van der Waals surface area contributed by atoms with E-state index in [1.807, 2.05) is 0 Å². The van der Waals surface area contributed by atoms with Crippen molar-refractivity contribution in [1.82, 2.24) is 9.78 Å². The third-order valence-corrected chi connectivity index (χ3v) is 2.08. The van der Waals surface area contributed by atoms with Crippen LogP contribution < -0.4 is 0 Å². The summed E-state index contributed by atoms with van der Waals surface area (Å²) in [6, 6.07) is 0. The molecule has 0 radical (unpaired) electrons. The molecule has 2 N–H and O–H groups in total. The van der Waals surface area contributed by atoms with Crippen LogP contribution in [0, 0.1) is 0 Å². The first kappa shape index (κ1) is 13.7. The predicted molar refractivity (Wildman–Crippen MR) is 62.3 cm³/mol. The average molecular weight is 240 g/mol. The summed E-state index contributed by atoms with van der Waals surface area (Å²) in [7, 11) is -1.53. The molecule has 0 aliphatic rings. The summed E-state index contributed by atoms with van der Waals surface area (Å²) >= 11 is 0. The summed E-state index contributed by atoms with van der Waals surface area (Å²) in [5.74, 6) is -1.10. The maximum Gasteiger partial charge on any atom is 0.477 e. The van der Waals surface area contributed by atoms with Crippen LogP contribution in [0.25, 0.3) is 0 Å². The van der Waals surface area contributed by atoms with Crippen LogP contribution in [-0.2, 0) is 4.74 Å². The summed E-state index contributed by atoms with van der Waals surface area (Å²) in [6.07, 6.45) is 2.77. The highest BCUT2D eigenvalue weighted by Crippen LogP contribution is 2.13. The molecule has 0 spiro atoms. The first-order valence-corrected chi connectivity index (χ1v) is 5.34. The van der Waals surface area contributed by atoms with Crippen LogP contribution in [0.2, 0.25) is 0 Å². The molecule has 17 heavy (non-hydrogen) atoms. The SMILES string of the molecule is CC(B(O)O)n1cc(C(=O)OC(C)(C)C)cn1. The number of esters is 1. The van der Waals surface area contributed by atoms with Crippen molar-refractivity contribution in [2.45, 2.75) is 39.2 Å². The summed E-state index contributed by atoms with van der Waals surface area (Å²) in [4.78, 5) is 11.7. The molecule has 1 aromatic rings. The molecule has 0 bridgehead atoms. The average Bonchev–Trinajstić information content (AvgIpc) is 2.62. The van der Waals surface area contributed by atoms with Crippen molar-refractivity contribution >= 4 is 13.1 Å². The molecule has 94 valence electrons. The van der Waals surface area contributed by atoms with E-state index in [9.17, 15) is 4.79 Å². The number of aromatic nitrogens is 2. The highest BCUT2D eigenvalue weighted by molar-refractivity contribution is 6.41. The van der Waals surface area contributed by atoms with Gasteiger partial charge in [0.05, 0.1) is 17.7 Å². The van der Waals surface area contributed by atoms with Crippen molar-refractivity contribution in [2.24, 2.45) is 0 Å². The third kappa shape index (κ3) is 3.87. The van der Waals surface area contributed by atoms with Crippen LogP contribution in [0.15, 0.2) is 12.4 Å². The Morgan fingerprint density at radius 1 is 1.53 bits per heavy atom. The number of hydrogen-bond donors (Lipinski definition) is 2. The van der Waals surface area contributed by atoms with Crippen LogP contribution in [0.1, 0.15) is 44.0 Å². The summed E-state index contributed by atoms with van der Waals surface area (Å²) in [5.41, 5.74) is -0.284. The number of carbonyl (C=O) groups excluding carboxylic acids is 1. The molecule has 0 fully saturated rings. The zero-order chi connectivity index (χ0) is 13.2. The van der Waals surface area contributed by atoms with Gasteiger partial charge in [-0.3, -0.25) is 4.68 Å². The standard InChI is InChI=1S/C10H17BN2O4/c1-7(11(15)16)13-6-8(5-12-13)9(14)17-10(2,3)4/h5-7,15-16H,1-4H3. The van der Waals surface area contributed by atoms with E-state index < -0.39 is 24.6 Å². The smallest absolute Gasteiger partial charge is 0.456 e. The minimum absolute atomic E-state index is 0.285. The molecule has 0 amide bonds. The Bertz CT molecular complexity index is 397. The number of hydrogen-bond acceptors (Lipinski definition) is 5. The van der Waals surface area contributed by atoms with Gasteiger partial charge in [0.15, 0.2) is 0 Å². The molecular formula is C10H17BN2O4.